The van der Waals surface area contributed by atoms with Gasteiger partial charge < -0.3 is 14.8 Å². The molecule has 0 atom stereocenters. The first-order valence-electron chi connectivity index (χ1n) is 8.70. The van der Waals surface area contributed by atoms with Crippen molar-refractivity contribution in [2.45, 2.75) is 39.2 Å². The molecule has 0 saturated carbocycles. The van der Waals surface area contributed by atoms with Gasteiger partial charge in [-0.3, -0.25) is 0 Å². The Labute approximate surface area is 145 Å². The van der Waals surface area contributed by atoms with Crippen LogP contribution in [0.4, 0.5) is 0 Å². The summed E-state index contributed by atoms with van der Waals surface area (Å²) in [6, 6.07) is 18.4. The first kappa shape index (κ1) is 18.2. The lowest BCUT2D eigenvalue weighted by atomic mass is 10.1. The van der Waals surface area contributed by atoms with E-state index in [9.17, 15) is 4.79 Å². The van der Waals surface area contributed by atoms with Crippen LogP contribution in [0.3, 0.4) is 0 Å². The second-order valence-electron chi connectivity index (χ2n) is 6.04. The molecule has 3 heteroatoms. The van der Waals surface area contributed by atoms with Crippen LogP contribution in [0.25, 0.3) is 0 Å². The third-order valence-electron chi connectivity index (χ3n) is 3.91. The first-order chi connectivity index (χ1) is 11.8. The monoisotopic (exact) mass is 325 g/mol. The summed E-state index contributed by atoms with van der Waals surface area (Å²) in [5.74, 6) is 1.24. The summed E-state index contributed by atoms with van der Waals surface area (Å²) in [4.78, 5) is 10.9. The zero-order valence-electron chi connectivity index (χ0n) is 14.5. The Bertz CT molecular complexity index is 610. The fraction of sp³-hybridized carbons (Fsp3) is 0.381. The van der Waals surface area contributed by atoms with Gasteiger partial charge in [0.05, 0.1) is 0 Å². The van der Waals surface area contributed by atoms with Gasteiger partial charge >= 0.3 is 0 Å². The first-order valence-corrected chi connectivity index (χ1v) is 8.70. The molecule has 0 aliphatic heterocycles. The number of carbonyl (C=O) groups excluding carboxylic acids is 1. The van der Waals surface area contributed by atoms with Crippen molar-refractivity contribution in [3.63, 3.8) is 0 Å². The number of benzene rings is 2. The smallest absolute Gasteiger partial charge is 0.129 e. The fourth-order valence-corrected chi connectivity index (χ4v) is 2.56. The number of carbonyl (C=O) groups is 1. The second-order valence-corrected chi connectivity index (χ2v) is 6.04. The van der Waals surface area contributed by atoms with Crippen molar-refractivity contribution in [3.05, 3.63) is 65.7 Å². The van der Waals surface area contributed by atoms with E-state index >= 15 is 0 Å². The van der Waals surface area contributed by atoms with Gasteiger partial charge in [0, 0.05) is 6.42 Å². The highest BCUT2D eigenvalue weighted by Crippen LogP contribution is 2.19. The van der Waals surface area contributed by atoms with Gasteiger partial charge in [-0.1, -0.05) is 48.5 Å². The maximum Gasteiger partial charge on any atom is 0.129 e. The molecule has 0 bridgehead atoms. The molecule has 1 N–H and O–H groups in total. The van der Waals surface area contributed by atoms with E-state index in [1.165, 1.54) is 11.1 Å². The molecule has 3 nitrogen and oxygen atoms in total. The minimum Gasteiger partial charge on any atom is -0.489 e. The zero-order valence-corrected chi connectivity index (χ0v) is 14.5. The number of para-hydroxylation sites is 1. The lowest BCUT2D eigenvalue weighted by Crippen LogP contribution is -2.19. The van der Waals surface area contributed by atoms with Gasteiger partial charge in [-0.25, -0.2) is 0 Å². The molecule has 0 saturated heterocycles. The molecule has 128 valence electrons. The van der Waals surface area contributed by atoms with Crippen LogP contribution in [-0.2, 0) is 17.8 Å². The molecule has 0 unspecified atom stereocenters. The number of Topliss-reactive ketones (excluding diaryl/α,β-unsaturated/α-hetero) is 1. The maximum atomic E-state index is 10.9. The largest absolute Gasteiger partial charge is 0.489 e. The van der Waals surface area contributed by atoms with Gasteiger partial charge in [0.2, 0.25) is 0 Å². The van der Waals surface area contributed by atoms with Crippen molar-refractivity contribution >= 4 is 5.78 Å². The Kier molecular flexibility index (Phi) is 8.05. The number of hydrogen-bond acceptors (Lipinski definition) is 3. The van der Waals surface area contributed by atoms with Crippen molar-refractivity contribution < 1.29 is 9.53 Å². The molecule has 0 radical (unpaired) electrons. The number of ether oxygens (including phenoxy) is 1. The van der Waals surface area contributed by atoms with E-state index in [2.05, 4.69) is 29.6 Å². The van der Waals surface area contributed by atoms with E-state index in [4.69, 9.17) is 4.74 Å². The predicted octanol–water partition coefficient (Wildman–Crippen LogP) is 4.16. The molecule has 0 heterocycles. The lowest BCUT2D eigenvalue weighted by Gasteiger charge is -2.12. The van der Waals surface area contributed by atoms with Crippen molar-refractivity contribution in [3.8, 4) is 5.75 Å². The quantitative estimate of drug-likeness (QED) is 0.631. The summed E-state index contributed by atoms with van der Waals surface area (Å²) < 4.78 is 5.98. The summed E-state index contributed by atoms with van der Waals surface area (Å²) in [5.41, 5.74) is 2.40. The maximum absolute atomic E-state index is 10.9. The van der Waals surface area contributed by atoms with E-state index in [0.29, 0.717) is 13.0 Å². The number of nitrogens with one attached hydrogen (secondary N) is 1. The lowest BCUT2D eigenvalue weighted by molar-refractivity contribution is -0.117. The van der Waals surface area contributed by atoms with Crippen LogP contribution in [-0.4, -0.2) is 18.9 Å². The molecule has 2 aromatic carbocycles. The summed E-state index contributed by atoms with van der Waals surface area (Å²) >= 11 is 0. The molecule has 0 aliphatic rings. The number of ketones is 1. The van der Waals surface area contributed by atoms with Crippen LogP contribution in [0.5, 0.6) is 5.75 Å². The van der Waals surface area contributed by atoms with Gasteiger partial charge in [-0.2, -0.15) is 0 Å². The molecule has 24 heavy (non-hydrogen) atoms. The highest BCUT2D eigenvalue weighted by atomic mass is 16.5. The Hall–Kier alpha value is -2.13. The summed E-state index contributed by atoms with van der Waals surface area (Å²) in [7, 11) is 0. The van der Waals surface area contributed by atoms with Crippen molar-refractivity contribution in [2.75, 3.05) is 13.1 Å². The molecule has 0 amide bonds. The van der Waals surface area contributed by atoms with Gasteiger partial charge in [0.1, 0.15) is 18.1 Å². The number of hydrogen-bond donors (Lipinski definition) is 1. The van der Waals surface area contributed by atoms with Gasteiger partial charge in [-0.15, -0.1) is 0 Å². The van der Waals surface area contributed by atoms with Crippen molar-refractivity contribution in [1.82, 2.24) is 5.32 Å². The van der Waals surface area contributed by atoms with E-state index in [0.717, 1.165) is 38.1 Å². The van der Waals surface area contributed by atoms with E-state index in [1.807, 2.05) is 30.3 Å². The summed E-state index contributed by atoms with van der Waals surface area (Å²) in [6.07, 6.45) is 3.65. The number of rotatable bonds is 11. The highest BCUT2D eigenvalue weighted by Gasteiger charge is 2.03. The minimum atomic E-state index is 0.277. The molecule has 0 aliphatic carbocycles. The molecule has 0 aromatic heterocycles. The summed E-state index contributed by atoms with van der Waals surface area (Å²) in [6.45, 7) is 4.13. The third-order valence-corrected chi connectivity index (χ3v) is 3.91. The summed E-state index contributed by atoms with van der Waals surface area (Å²) in [5, 5.41) is 3.44. The molecule has 0 fully saturated rings. The van der Waals surface area contributed by atoms with Crippen LogP contribution in [0, 0.1) is 0 Å². The average Bonchev–Trinajstić information content (AvgIpc) is 2.60. The number of unbranched alkanes of at least 4 members (excludes halogenated alkanes) is 1. The SMILES string of the molecule is CC(=O)CCCCNCCc1ccccc1OCc1ccccc1. The van der Waals surface area contributed by atoms with E-state index in [1.54, 1.807) is 6.92 Å². The molecule has 2 aromatic rings. The second kappa shape index (κ2) is 10.6. The average molecular weight is 325 g/mol. The van der Waals surface area contributed by atoms with Gasteiger partial charge in [0.15, 0.2) is 0 Å². The molecular weight excluding hydrogens is 298 g/mol. The van der Waals surface area contributed by atoms with Gasteiger partial charge in [-0.05, 0) is 56.5 Å². The minimum absolute atomic E-state index is 0.277. The van der Waals surface area contributed by atoms with Crippen LogP contribution < -0.4 is 10.1 Å². The Morgan fingerprint density at radius 1 is 0.958 bits per heavy atom. The van der Waals surface area contributed by atoms with Crippen molar-refractivity contribution in [2.24, 2.45) is 0 Å². The van der Waals surface area contributed by atoms with Crippen molar-refractivity contribution in [1.29, 1.82) is 0 Å². The van der Waals surface area contributed by atoms with E-state index < -0.39 is 0 Å². The fourth-order valence-electron chi connectivity index (χ4n) is 2.56. The van der Waals surface area contributed by atoms with E-state index in [-0.39, 0.29) is 5.78 Å². The molecular formula is C21H27NO2. The Morgan fingerprint density at radius 2 is 1.71 bits per heavy atom. The van der Waals surface area contributed by atoms with Gasteiger partial charge in [0.25, 0.3) is 0 Å². The van der Waals surface area contributed by atoms with Crippen LogP contribution in [0.1, 0.15) is 37.3 Å². The zero-order chi connectivity index (χ0) is 17.0. The molecule has 2 rings (SSSR count). The normalized spacial score (nSPS) is 10.5. The third kappa shape index (κ3) is 6.97. The molecule has 0 spiro atoms. The Morgan fingerprint density at radius 3 is 2.50 bits per heavy atom. The standard InChI is InChI=1S/C21H27NO2/c1-18(23)9-7-8-15-22-16-14-20-12-5-6-13-21(20)24-17-19-10-3-2-4-11-19/h2-6,10-13,22H,7-9,14-17H2,1H3. The Balaban J connectivity index is 1.72. The topological polar surface area (TPSA) is 38.3 Å². The predicted molar refractivity (Wildman–Crippen MR) is 98.3 cm³/mol. The van der Waals surface area contributed by atoms with Crippen LogP contribution >= 0.6 is 0 Å². The van der Waals surface area contributed by atoms with Crippen LogP contribution in [0.2, 0.25) is 0 Å². The van der Waals surface area contributed by atoms with Crippen LogP contribution in [0.15, 0.2) is 54.6 Å². The highest BCUT2D eigenvalue weighted by molar-refractivity contribution is 5.75.